The molecule has 0 atom stereocenters. The van der Waals surface area contributed by atoms with Gasteiger partial charge < -0.3 is 0 Å². The monoisotopic (exact) mass is 182 g/mol. The SMILES string of the molecule is C1CN2CCN1CC2.ClCl. The van der Waals surface area contributed by atoms with Crippen molar-refractivity contribution in [1.29, 1.82) is 0 Å². The van der Waals surface area contributed by atoms with E-state index in [9.17, 15) is 0 Å². The number of nitrogens with zero attached hydrogens (tertiary/aromatic N) is 2. The number of fused-ring (bicyclic) bond motifs is 3. The van der Waals surface area contributed by atoms with E-state index in [-0.39, 0.29) is 0 Å². The molecule has 0 aromatic heterocycles. The Morgan fingerprint density at radius 1 is 0.600 bits per heavy atom. The third kappa shape index (κ3) is 1.99. The molecule has 10 heavy (non-hydrogen) atoms. The summed E-state index contributed by atoms with van der Waals surface area (Å²) in [7, 11) is 8.22. The largest absolute Gasteiger partial charge is 0.300 e. The van der Waals surface area contributed by atoms with Crippen molar-refractivity contribution < 1.29 is 0 Å². The molecule has 0 spiro atoms. The van der Waals surface area contributed by atoms with Gasteiger partial charge in [0.15, 0.2) is 0 Å². The first-order valence-corrected chi connectivity index (χ1v) is 4.68. The third-order valence-corrected chi connectivity index (χ3v) is 2.20. The van der Waals surface area contributed by atoms with E-state index in [0.29, 0.717) is 0 Å². The fraction of sp³-hybridized carbons (Fsp3) is 1.00. The Morgan fingerprint density at radius 2 is 0.800 bits per heavy atom. The lowest BCUT2D eigenvalue weighted by atomic mass is 10.2. The van der Waals surface area contributed by atoms with E-state index in [1.54, 1.807) is 0 Å². The smallest absolute Gasteiger partial charge is 0.0110 e. The Hall–Kier alpha value is 0.500. The molecule has 0 amide bonds. The molecule has 0 N–H and O–H groups in total. The van der Waals surface area contributed by atoms with Crippen LogP contribution in [0.25, 0.3) is 0 Å². The van der Waals surface area contributed by atoms with Crippen molar-refractivity contribution >= 4 is 21.7 Å². The molecular formula is C6H12Cl2N2. The van der Waals surface area contributed by atoms with Gasteiger partial charge in [-0.25, -0.2) is 0 Å². The summed E-state index contributed by atoms with van der Waals surface area (Å²) >= 11 is 0. The van der Waals surface area contributed by atoms with E-state index in [1.165, 1.54) is 39.3 Å². The maximum atomic E-state index is 4.11. The van der Waals surface area contributed by atoms with E-state index < -0.39 is 0 Å². The Bertz CT molecular complexity index is 68.7. The van der Waals surface area contributed by atoms with Gasteiger partial charge in [-0.1, -0.05) is 0 Å². The van der Waals surface area contributed by atoms with Crippen LogP contribution in [0.15, 0.2) is 0 Å². The molecule has 0 aromatic carbocycles. The number of hydrogen-bond acceptors (Lipinski definition) is 2. The Labute approximate surface area is 71.3 Å². The number of piperazine rings is 3. The molecule has 2 nitrogen and oxygen atoms in total. The van der Waals surface area contributed by atoms with Gasteiger partial charge in [0, 0.05) is 61.0 Å². The van der Waals surface area contributed by atoms with Gasteiger partial charge in [0.1, 0.15) is 0 Å². The average molecular weight is 183 g/mol. The van der Waals surface area contributed by atoms with E-state index in [4.69, 9.17) is 0 Å². The molecule has 2 bridgehead atoms. The van der Waals surface area contributed by atoms with Crippen molar-refractivity contribution in [1.82, 2.24) is 9.80 Å². The summed E-state index contributed by atoms with van der Waals surface area (Å²) < 4.78 is 0. The van der Waals surface area contributed by atoms with Crippen LogP contribution in [0, 0.1) is 0 Å². The summed E-state index contributed by atoms with van der Waals surface area (Å²) in [4.78, 5) is 5.08. The molecule has 0 saturated carbocycles. The summed E-state index contributed by atoms with van der Waals surface area (Å²) in [6.07, 6.45) is 0. The van der Waals surface area contributed by atoms with Crippen LogP contribution in [0.2, 0.25) is 0 Å². The van der Waals surface area contributed by atoms with Crippen LogP contribution >= 0.6 is 21.7 Å². The zero-order valence-corrected chi connectivity index (χ0v) is 7.40. The van der Waals surface area contributed by atoms with Crippen LogP contribution in [0.4, 0.5) is 0 Å². The highest BCUT2D eigenvalue weighted by Crippen LogP contribution is 2.06. The van der Waals surface area contributed by atoms with Crippen LogP contribution in [-0.2, 0) is 0 Å². The molecule has 0 radical (unpaired) electrons. The van der Waals surface area contributed by atoms with E-state index >= 15 is 0 Å². The first-order valence-electron chi connectivity index (χ1n) is 3.54. The fourth-order valence-corrected chi connectivity index (χ4v) is 1.52. The molecule has 0 unspecified atom stereocenters. The molecule has 3 saturated heterocycles. The van der Waals surface area contributed by atoms with Gasteiger partial charge in [-0.2, -0.15) is 0 Å². The Morgan fingerprint density at radius 3 is 0.900 bits per heavy atom. The predicted octanol–water partition coefficient (Wildman–Crippen LogP) is 0.997. The second-order valence-electron chi connectivity index (χ2n) is 2.68. The lowest BCUT2D eigenvalue weighted by Gasteiger charge is -2.41. The quantitative estimate of drug-likeness (QED) is 0.552. The average Bonchev–Trinajstić information content (AvgIpc) is 2.11. The molecule has 3 fully saturated rings. The van der Waals surface area contributed by atoms with Crippen molar-refractivity contribution in [2.75, 3.05) is 39.3 Å². The van der Waals surface area contributed by atoms with Crippen LogP contribution in [0.1, 0.15) is 0 Å². The van der Waals surface area contributed by atoms with E-state index in [2.05, 4.69) is 31.5 Å². The summed E-state index contributed by atoms with van der Waals surface area (Å²) in [6.45, 7) is 7.92. The highest BCUT2D eigenvalue weighted by atomic mass is 36.5. The minimum absolute atomic E-state index is 1.32. The van der Waals surface area contributed by atoms with Crippen molar-refractivity contribution in [2.45, 2.75) is 0 Å². The fourth-order valence-electron chi connectivity index (χ4n) is 1.52. The topological polar surface area (TPSA) is 6.48 Å². The second kappa shape index (κ2) is 4.39. The summed E-state index contributed by atoms with van der Waals surface area (Å²) in [5.41, 5.74) is 0. The second-order valence-corrected chi connectivity index (χ2v) is 2.68. The van der Waals surface area contributed by atoms with Crippen molar-refractivity contribution in [3.8, 4) is 0 Å². The van der Waals surface area contributed by atoms with Crippen molar-refractivity contribution in [3.63, 3.8) is 0 Å². The van der Waals surface area contributed by atoms with E-state index in [0.717, 1.165) is 0 Å². The van der Waals surface area contributed by atoms with Gasteiger partial charge in [-0.3, -0.25) is 9.80 Å². The van der Waals surface area contributed by atoms with Crippen LogP contribution in [0.3, 0.4) is 0 Å². The Balaban J connectivity index is 0.000000231. The van der Waals surface area contributed by atoms with Crippen LogP contribution in [-0.4, -0.2) is 49.1 Å². The van der Waals surface area contributed by atoms with Gasteiger partial charge in [-0.15, -0.1) is 0 Å². The highest BCUT2D eigenvalue weighted by Gasteiger charge is 2.21. The van der Waals surface area contributed by atoms with Crippen molar-refractivity contribution in [3.05, 3.63) is 0 Å². The molecular weight excluding hydrogens is 171 g/mol. The van der Waals surface area contributed by atoms with Crippen LogP contribution < -0.4 is 0 Å². The minimum Gasteiger partial charge on any atom is -0.300 e. The molecule has 3 aliphatic heterocycles. The first kappa shape index (κ1) is 8.60. The summed E-state index contributed by atoms with van der Waals surface area (Å²) in [6, 6.07) is 0. The van der Waals surface area contributed by atoms with Gasteiger partial charge in [-0.05, 0) is 0 Å². The highest BCUT2D eigenvalue weighted by molar-refractivity contribution is 6.85. The maximum absolute atomic E-state index is 4.11. The van der Waals surface area contributed by atoms with Gasteiger partial charge >= 0.3 is 0 Å². The van der Waals surface area contributed by atoms with Gasteiger partial charge in [0.25, 0.3) is 0 Å². The normalized spacial score (nSPS) is 36.6. The molecule has 3 aliphatic rings. The van der Waals surface area contributed by atoms with E-state index in [1.807, 2.05) is 0 Å². The third-order valence-electron chi connectivity index (χ3n) is 2.20. The molecule has 4 heteroatoms. The van der Waals surface area contributed by atoms with Gasteiger partial charge in [0.05, 0.1) is 0 Å². The first-order chi connectivity index (χ1) is 4.95. The zero-order chi connectivity index (χ0) is 7.40. The number of halogens is 2. The van der Waals surface area contributed by atoms with Gasteiger partial charge in [0.2, 0.25) is 0 Å². The molecule has 0 aromatic rings. The minimum atomic E-state index is 1.32. The van der Waals surface area contributed by atoms with Crippen LogP contribution in [0.5, 0.6) is 0 Å². The lowest BCUT2D eigenvalue weighted by molar-refractivity contribution is 0.0647. The zero-order valence-electron chi connectivity index (χ0n) is 5.89. The lowest BCUT2D eigenvalue weighted by Crippen LogP contribution is -2.55. The molecule has 3 heterocycles. The standard InChI is InChI=1S/C6H12N2.Cl2/c1-2-8-5-3-7(1)4-6-8;1-2/h1-6H2;. The summed E-state index contributed by atoms with van der Waals surface area (Å²) in [5, 5.41) is 0. The summed E-state index contributed by atoms with van der Waals surface area (Å²) in [5.74, 6) is 0. The number of hydrogen-bond donors (Lipinski definition) is 0. The van der Waals surface area contributed by atoms with Crippen molar-refractivity contribution in [2.24, 2.45) is 0 Å². The number of rotatable bonds is 0. The Kier molecular flexibility index (Phi) is 3.78. The maximum Gasteiger partial charge on any atom is 0.0110 e. The predicted molar refractivity (Wildman–Crippen MR) is 44.6 cm³/mol. The molecule has 3 rings (SSSR count). The molecule has 60 valence electrons. The molecule has 0 aliphatic carbocycles.